The van der Waals surface area contributed by atoms with Crippen LogP contribution in [-0.2, 0) is 0 Å². The molecule has 124 valence electrons. The lowest BCUT2D eigenvalue weighted by atomic mass is 10.2. The van der Waals surface area contributed by atoms with E-state index in [-0.39, 0.29) is 11.5 Å². The highest BCUT2D eigenvalue weighted by Gasteiger charge is 2.10. The Morgan fingerprint density at radius 3 is 2.56 bits per heavy atom. The average Bonchev–Trinajstić information content (AvgIpc) is 3.14. The lowest BCUT2D eigenvalue weighted by Crippen LogP contribution is -2.01. The summed E-state index contributed by atoms with van der Waals surface area (Å²) >= 11 is 1.35. The van der Waals surface area contributed by atoms with Crippen molar-refractivity contribution in [1.82, 2.24) is 4.98 Å². The van der Waals surface area contributed by atoms with Crippen molar-refractivity contribution in [2.75, 3.05) is 12.5 Å². The monoisotopic (exact) mass is 350 g/mol. The number of anilines is 1. The molecule has 0 fully saturated rings. The second kappa shape index (κ2) is 7.47. The number of hydrogen-bond acceptors (Lipinski definition) is 7. The van der Waals surface area contributed by atoms with Gasteiger partial charge in [0, 0.05) is 10.9 Å². The standard InChI is InChI=1S/C18H14N4O2S/c1-24-15-8-2-12(3-9-15)17-11-25-18(20-17)16(10-19)22-21-13-4-6-14(23)7-5-13/h2-9,11,21,23H,1H3/b22-16+. The molecule has 0 aliphatic carbocycles. The third kappa shape index (κ3) is 3.94. The molecule has 0 aliphatic rings. The third-order valence-electron chi connectivity index (χ3n) is 3.36. The number of aromatic hydroxyl groups is 1. The molecule has 0 saturated carbocycles. The summed E-state index contributed by atoms with van der Waals surface area (Å²) in [7, 11) is 1.62. The molecule has 0 aliphatic heterocycles. The Kier molecular flexibility index (Phi) is 4.92. The number of nitrogens with one attached hydrogen (secondary N) is 1. The first-order chi connectivity index (χ1) is 12.2. The number of thiazole rings is 1. The number of aromatic nitrogens is 1. The summed E-state index contributed by atoms with van der Waals surface area (Å²) in [6.45, 7) is 0. The van der Waals surface area contributed by atoms with E-state index >= 15 is 0 Å². The van der Waals surface area contributed by atoms with E-state index in [2.05, 4.69) is 15.5 Å². The van der Waals surface area contributed by atoms with E-state index in [1.165, 1.54) is 23.5 Å². The van der Waals surface area contributed by atoms with Crippen molar-refractivity contribution >= 4 is 22.7 Å². The number of benzene rings is 2. The highest BCUT2D eigenvalue weighted by molar-refractivity contribution is 7.12. The number of nitrogens with zero attached hydrogens (tertiary/aromatic N) is 3. The molecule has 0 spiro atoms. The molecule has 3 aromatic rings. The first-order valence-corrected chi connectivity index (χ1v) is 8.20. The number of hydrogen-bond donors (Lipinski definition) is 2. The second-order valence-electron chi connectivity index (χ2n) is 5.00. The number of phenols is 1. The summed E-state index contributed by atoms with van der Waals surface area (Å²) in [4.78, 5) is 4.48. The number of ether oxygens (including phenoxy) is 1. The van der Waals surface area contributed by atoms with Crippen LogP contribution in [0.3, 0.4) is 0 Å². The molecule has 0 radical (unpaired) electrons. The molecule has 7 heteroatoms. The van der Waals surface area contributed by atoms with E-state index in [1.807, 2.05) is 35.7 Å². The highest BCUT2D eigenvalue weighted by atomic mass is 32.1. The van der Waals surface area contributed by atoms with Gasteiger partial charge in [0.05, 0.1) is 18.5 Å². The molecule has 0 amide bonds. The summed E-state index contributed by atoms with van der Waals surface area (Å²) in [5, 5.41) is 25.1. The summed E-state index contributed by atoms with van der Waals surface area (Å²) in [5.41, 5.74) is 5.36. The summed E-state index contributed by atoms with van der Waals surface area (Å²) in [6.07, 6.45) is 0. The van der Waals surface area contributed by atoms with Gasteiger partial charge in [-0.3, -0.25) is 5.43 Å². The van der Waals surface area contributed by atoms with Gasteiger partial charge in [0.2, 0.25) is 0 Å². The molecule has 2 aromatic carbocycles. The molecule has 25 heavy (non-hydrogen) atoms. The van der Waals surface area contributed by atoms with E-state index in [4.69, 9.17) is 4.74 Å². The van der Waals surface area contributed by atoms with Crippen LogP contribution in [0.2, 0.25) is 0 Å². The van der Waals surface area contributed by atoms with Crippen molar-refractivity contribution in [1.29, 1.82) is 5.26 Å². The normalized spacial score (nSPS) is 11.0. The molecular formula is C18H14N4O2S. The van der Waals surface area contributed by atoms with Crippen LogP contribution in [0.15, 0.2) is 59.0 Å². The van der Waals surface area contributed by atoms with E-state index in [9.17, 15) is 10.4 Å². The first kappa shape index (κ1) is 16.5. The van der Waals surface area contributed by atoms with Gasteiger partial charge in [-0.05, 0) is 48.5 Å². The fraction of sp³-hybridized carbons (Fsp3) is 0.0556. The molecule has 1 heterocycles. The SMILES string of the molecule is COc1ccc(-c2csc(/C(C#N)=N/Nc3ccc(O)cc3)n2)cc1. The number of methoxy groups -OCH3 is 1. The van der Waals surface area contributed by atoms with Crippen LogP contribution in [-0.4, -0.2) is 22.9 Å². The van der Waals surface area contributed by atoms with Crippen molar-refractivity contribution in [3.05, 3.63) is 58.9 Å². The zero-order valence-corrected chi connectivity index (χ0v) is 14.1. The smallest absolute Gasteiger partial charge is 0.196 e. The van der Waals surface area contributed by atoms with Crippen LogP contribution in [0.5, 0.6) is 11.5 Å². The zero-order valence-electron chi connectivity index (χ0n) is 13.3. The Morgan fingerprint density at radius 2 is 1.92 bits per heavy atom. The van der Waals surface area contributed by atoms with Gasteiger partial charge in [0.15, 0.2) is 10.7 Å². The van der Waals surface area contributed by atoms with Crippen molar-refractivity contribution < 1.29 is 9.84 Å². The van der Waals surface area contributed by atoms with E-state index in [0.717, 1.165) is 17.0 Å². The number of phenolic OH excluding ortho intramolecular Hbond substituents is 1. The Bertz CT molecular complexity index is 925. The van der Waals surface area contributed by atoms with Gasteiger partial charge in [-0.15, -0.1) is 11.3 Å². The molecule has 1 aromatic heterocycles. The van der Waals surface area contributed by atoms with Gasteiger partial charge in [0.25, 0.3) is 0 Å². The molecule has 6 nitrogen and oxygen atoms in total. The predicted molar refractivity (Wildman–Crippen MR) is 98.0 cm³/mol. The van der Waals surface area contributed by atoms with Gasteiger partial charge in [-0.2, -0.15) is 10.4 Å². The largest absolute Gasteiger partial charge is 0.508 e. The Morgan fingerprint density at radius 1 is 1.20 bits per heavy atom. The highest BCUT2D eigenvalue weighted by Crippen LogP contribution is 2.24. The van der Waals surface area contributed by atoms with Crippen molar-refractivity contribution in [2.45, 2.75) is 0 Å². The molecule has 2 N–H and O–H groups in total. The van der Waals surface area contributed by atoms with Crippen LogP contribution >= 0.6 is 11.3 Å². The minimum atomic E-state index is 0.166. The van der Waals surface area contributed by atoms with Gasteiger partial charge >= 0.3 is 0 Å². The fourth-order valence-corrected chi connectivity index (χ4v) is 2.82. The average molecular weight is 350 g/mol. The maximum Gasteiger partial charge on any atom is 0.196 e. The Hall–Kier alpha value is -3.37. The van der Waals surface area contributed by atoms with Crippen molar-refractivity contribution in [3.63, 3.8) is 0 Å². The molecular weight excluding hydrogens is 336 g/mol. The maximum absolute atomic E-state index is 9.34. The van der Waals surface area contributed by atoms with Gasteiger partial charge in [0.1, 0.15) is 17.6 Å². The van der Waals surface area contributed by atoms with Gasteiger partial charge < -0.3 is 9.84 Å². The van der Waals surface area contributed by atoms with Crippen molar-refractivity contribution in [3.8, 4) is 28.8 Å². The lowest BCUT2D eigenvalue weighted by molar-refractivity contribution is 0.415. The third-order valence-corrected chi connectivity index (χ3v) is 4.21. The Balaban J connectivity index is 1.79. The molecule has 3 rings (SSSR count). The zero-order chi connectivity index (χ0) is 17.6. The predicted octanol–water partition coefficient (Wildman–Crippen LogP) is 3.86. The molecule has 0 unspecified atom stereocenters. The Labute approximate surface area is 148 Å². The maximum atomic E-state index is 9.34. The van der Waals surface area contributed by atoms with Crippen LogP contribution < -0.4 is 10.2 Å². The first-order valence-electron chi connectivity index (χ1n) is 7.33. The van der Waals surface area contributed by atoms with Crippen LogP contribution in [0.4, 0.5) is 5.69 Å². The summed E-state index contributed by atoms with van der Waals surface area (Å²) in [5.74, 6) is 0.940. The minimum absolute atomic E-state index is 0.166. The quantitative estimate of drug-likeness (QED) is 0.414. The van der Waals surface area contributed by atoms with E-state index in [0.29, 0.717) is 10.7 Å². The van der Waals surface area contributed by atoms with Gasteiger partial charge in [-0.1, -0.05) is 0 Å². The second-order valence-corrected chi connectivity index (χ2v) is 5.86. The van der Waals surface area contributed by atoms with E-state index < -0.39 is 0 Å². The number of nitriles is 1. The van der Waals surface area contributed by atoms with Crippen LogP contribution in [0, 0.1) is 11.3 Å². The van der Waals surface area contributed by atoms with Crippen molar-refractivity contribution in [2.24, 2.45) is 5.10 Å². The lowest BCUT2D eigenvalue weighted by Gasteiger charge is -2.01. The fourth-order valence-electron chi connectivity index (χ4n) is 2.05. The minimum Gasteiger partial charge on any atom is -0.508 e. The van der Waals surface area contributed by atoms with E-state index in [1.54, 1.807) is 19.2 Å². The van der Waals surface area contributed by atoms with Crippen LogP contribution in [0.25, 0.3) is 11.3 Å². The summed E-state index contributed by atoms with van der Waals surface area (Å²) < 4.78 is 5.14. The number of hydrazone groups is 1. The molecule has 0 bridgehead atoms. The molecule has 0 saturated heterocycles. The molecule has 0 atom stereocenters. The topological polar surface area (TPSA) is 90.5 Å². The van der Waals surface area contributed by atoms with Crippen LogP contribution in [0.1, 0.15) is 5.01 Å². The summed E-state index contributed by atoms with van der Waals surface area (Å²) in [6, 6.07) is 16.0. The van der Waals surface area contributed by atoms with Gasteiger partial charge in [-0.25, -0.2) is 4.98 Å². The number of rotatable bonds is 5.